The molecular formula is C7H11N5O. The lowest BCUT2D eigenvalue weighted by atomic mass is 10.5. The second-order valence-corrected chi connectivity index (χ2v) is 2.70. The maximum Gasteiger partial charge on any atom is 0.260 e. The summed E-state index contributed by atoms with van der Waals surface area (Å²) in [4.78, 5) is 4.16. The quantitative estimate of drug-likeness (QED) is 0.700. The summed E-state index contributed by atoms with van der Waals surface area (Å²) in [5.41, 5.74) is 6.84. The van der Waals surface area contributed by atoms with Crippen molar-refractivity contribution in [2.45, 2.75) is 13.8 Å². The molecule has 0 aliphatic carbocycles. The number of nitrogen functional groups attached to an aromatic ring is 1. The minimum absolute atomic E-state index is 0.432. The zero-order chi connectivity index (χ0) is 9.42. The highest BCUT2D eigenvalue weighted by Crippen LogP contribution is 2.23. The number of nitrogens with zero attached hydrogens (tertiary/aromatic N) is 3. The number of nitrogens with two attached hydrogens (primary N) is 1. The van der Waals surface area contributed by atoms with Crippen LogP contribution in [0.25, 0.3) is 5.65 Å². The van der Waals surface area contributed by atoms with E-state index in [1.165, 1.54) is 4.63 Å². The van der Waals surface area contributed by atoms with E-state index in [0.29, 0.717) is 23.8 Å². The van der Waals surface area contributed by atoms with Crippen LogP contribution in [0.5, 0.6) is 5.88 Å². The average Bonchev–Trinajstić information content (AvgIpc) is 2.54. The first kappa shape index (κ1) is 7.90. The van der Waals surface area contributed by atoms with Gasteiger partial charge in [0.1, 0.15) is 11.5 Å². The Morgan fingerprint density at radius 2 is 2.38 bits per heavy atom. The third-order valence-corrected chi connectivity index (χ3v) is 1.69. The second-order valence-electron chi connectivity index (χ2n) is 2.70. The molecule has 0 unspecified atom stereocenters. The van der Waals surface area contributed by atoms with Crippen molar-refractivity contribution in [2.24, 2.45) is 0 Å². The molecule has 6 nitrogen and oxygen atoms in total. The van der Waals surface area contributed by atoms with Gasteiger partial charge >= 0.3 is 0 Å². The van der Waals surface area contributed by atoms with Gasteiger partial charge in [0.2, 0.25) is 5.65 Å². The third kappa shape index (κ3) is 1.10. The highest BCUT2D eigenvalue weighted by molar-refractivity contribution is 5.70. The maximum atomic E-state index is 5.75. The van der Waals surface area contributed by atoms with Crippen molar-refractivity contribution in [1.29, 1.82) is 0 Å². The number of H-pyrrole nitrogens is 1. The van der Waals surface area contributed by atoms with E-state index in [0.717, 1.165) is 5.82 Å². The molecule has 0 bridgehead atoms. The van der Waals surface area contributed by atoms with Crippen molar-refractivity contribution in [3.05, 3.63) is 5.82 Å². The Kier molecular flexibility index (Phi) is 1.61. The first-order chi connectivity index (χ1) is 6.22. The summed E-state index contributed by atoms with van der Waals surface area (Å²) in [6.45, 7) is 4.27. The summed E-state index contributed by atoms with van der Waals surface area (Å²) in [6, 6.07) is 0. The Hall–Kier alpha value is -1.72. The van der Waals surface area contributed by atoms with Crippen LogP contribution in [-0.2, 0) is 0 Å². The van der Waals surface area contributed by atoms with Crippen molar-refractivity contribution >= 4 is 11.3 Å². The largest absolute Gasteiger partial charge is 0.475 e. The summed E-state index contributed by atoms with van der Waals surface area (Å²) in [7, 11) is 0. The predicted octanol–water partition coefficient (Wildman–Crippen LogP) is 0.347. The molecule has 70 valence electrons. The normalized spacial score (nSPS) is 10.9. The number of aryl methyl sites for hydroxylation is 1. The topological polar surface area (TPSA) is 81.2 Å². The minimum Gasteiger partial charge on any atom is -0.475 e. The molecule has 6 heteroatoms. The smallest absolute Gasteiger partial charge is 0.260 e. The fourth-order valence-electron chi connectivity index (χ4n) is 1.17. The summed E-state index contributed by atoms with van der Waals surface area (Å²) >= 11 is 0. The first-order valence-corrected chi connectivity index (χ1v) is 4.06. The number of aromatic nitrogens is 4. The van der Waals surface area contributed by atoms with E-state index in [2.05, 4.69) is 15.2 Å². The highest BCUT2D eigenvalue weighted by Gasteiger charge is 2.12. The lowest BCUT2D eigenvalue weighted by molar-refractivity contribution is 0.325. The fraction of sp³-hybridized carbons (Fsp3) is 0.429. The molecule has 0 aromatic carbocycles. The lowest BCUT2D eigenvalue weighted by Gasteiger charge is -1.96. The van der Waals surface area contributed by atoms with Gasteiger partial charge in [0.15, 0.2) is 0 Å². The SMILES string of the molecule is CCOc1nn2[nH]c(C)nc2c1N. The van der Waals surface area contributed by atoms with Gasteiger partial charge in [-0.05, 0) is 13.8 Å². The molecule has 3 N–H and O–H groups in total. The Balaban J connectivity index is 2.56. The molecule has 0 saturated heterocycles. The molecule has 2 aromatic heterocycles. The Morgan fingerprint density at radius 1 is 1.62 bits per heavy atom. The Morgan fingerprint density at radius 3 is 3.00 bits per heavy atom. The van der Waals surface area contributed by atoms with E-state index >= 15 is 0 Å². The van der Waals surface area contributed by atoms with Gasteiger partial charge in [-0.25, -0.2) is 4.98 Å². The summed E-state index contributed by atoms with van der Waals surface area (Å²) < 4.78 is 6.71. The minimum atomic E-state index is 0.432. The van der Waals surface area contributed by atoms with Crippen LogP contribution in [0.4, 0.5) is 5.69 Å². The van der Waals surface area contributed by atoms with Gasteiger partial charge < -0.3 is 10.5 Å². The number of anilines is 1. The third-order valence-electron chi connectivity index (χ3n) is 1.69. The monoisotopic (exact) mass is 181 g/mol. The zero-order valence-electron chi connectivity index (χ0n) is 7.53. The van der Waals surface area contributed by atoms with Gasteiger partial charge in [-0.1, -0.05) is 0 Å². The molecule has 0 amide bonds. The van der Waals surface area contributed by atoms with Gasteiger partial charge in [-0.2, -0.15) is 0 Å². The molecule has 2 rings (SSSR count). The van der Waals surface area contributed by atoms with Crippen LogP contribution in [0.15, 0.2) is 0 Å². The number of ether oxygens (including phenoxy) is 1. The summed E-state index contributed by atoms with van der Waals surface area (Å²) in [5.74, 6) is 1.21. The van der Waals surface area contributed by atoms with Gasteiger partial charge in [-0.15, -0.1) is 9.73 Å². The van der Waals surface area contributed by atoms with Crippen molar-refractivity contribution in [3.8, 4) is 5.88 Å². The average molecular weight is 181 g/mol. The van der Waals surface area contributed by atoms with Crippen LogP contribution in [0.3, 0.4) is 0 Å². The number of hydrogen-bond donors (Lipinski definition) is 2. The zero-order valence-corrected chi connectivity index (χ0v) is 7.53. The van der Waals surface area contributed by atoms with E-state index in [-0.39, 0.29) is 0 Å². The molecule has 2 aromatic rings. The number of fused-ring (bicyclic) bond motifs is 1. The molecule has 2 heterocycles. The van der Waals surface area contributed by atoms with E-state index < -0.39 is 0 Å². The summed E-state index contributed by atoms with van der Waals surface area (Å²) in [5, 5.41) is 6.99. The molecule has 0 radical (unpaired) electrons. The van der Waals surface area contributed by atoms with E-state index in [1.54, 1.807) is 0 Å². The number of hydrogen-bond acceptors (Lipinski definition) is 4. The van der Waals surface area contributed by atoms with Gasteiger partial charge in [0, 0.05) is 0 Å². The number of aromatic amines is 1. The first-order valence-electron chi connectivity index (χ1n) is 4.06. The van der Waals surface area contributed by atoms with Gasteiger partial charge in [0.05, 0.1) is 6.61 Å². The van der Waals surface area contributed by atoms with Crippen molar-refractivity contribution < 1.29 is 4.74 Å². The molecule has 0 spiro atoms. The maximum absolute atomic E-state index is 5.75. The standard InChI is InChI=1S/C7H11N5O/c1-3-13-7-5(8)6-9-4(2)10-12(6)11-7/h3,8H2,1-2H3,(H,9,10). The van der Waals surface area contributed by atoms with Crippen LogP contribution in [0, 0.1) is 6.92 Å². The van der Waals surface area contributed by atoms with Crippen LogP contribution in [-0.4, -0.2) is 26.4 Å². The molecule has 0 atom stereocenters. The lowest BCUT2D eigenvalue weighted by Crippen LogP contribution is -1.96. The molecule has 0 saturated carbocycles. The molecule has 0 fully saturated rings. The van der Waals surface area contributed by atoms with Crippen LogP contribution in [0.2, 0.25) is 0 Å². The van der Waals surface area contributed by atoms with Crippen LogP contribution >= 0.6 is 0 Å². The van der Waals surface area contributed by atoms with Gasteiger partial charge in [-0.3, -0.25) is 5.10 Å². The molecule has 0 aliphatic rings. The van der Waals surface area contributed by atoms with Crippen LogP contribution in [0.1, 0.15) is 12.7 Å². The molecule has 13 heavy (non-hydrogen) atoms. The highest BCUT2D eigenvalue weighted by atomic mass is 16.5. The Labute approximate surface area is 74.7 Å². The van der Waals surface area contributed by atoms with Crippen LogP contribution < -0.4 is 10.5 Å². The van der Waals surface area contributed by atoms with Crippen molar-refractivity contribution in [3.63, 3.8) is 0 Å². The molecule has 0 aliphatic heterocycles. The second kappa shape index (κ2) is 2.65. The predicted molar refractivity (Wildman–Crippen MR) is 47.7 cm³/mol. The molecular weight excluding hydrogens is 170 g/mol. The van der Waals surface area contributed by atoms with E-state index in [9.17, 15) is 0 Å². The fourth-order valence-corrected chi connectivity index (χ4v) is 1.17. The van der Waals surface area contributed by atoms with E-state index in [1.807, 2.05) is 13.8 Å². The Bertz CT molecular complexity index is 429. The number of nitrogens with one attached hydrogen (secondary N) is 1. The van der Waals surface area contributed by atoms with Gasteiger partial charge in [0.25, 0.3) is 5.88 Å². The van der Waals surface area contributed by atoms with Crippen molar-refractivity contribution in [1.82, 2.24) is 19.8 Å². The summed E-state index contributed by atoms with van der Waals surface area (Å²) in [6.07, 6.45) is 0. The van der Waals surface area contributed by atoms with E-state index in [4.69, 9.17) is 10.5 Å². The van der Waals surface area contributed by atoms with Crippen molar-refractivity contribution in [2.75, 3.05) is 12.3 Å². The number of rotatable bonds is 2.